The molecule has 0 saturated carbocycles. The van der Waals surface area contributed by atoms with Crippen molar-refractivity contribution in [2.45, 2.75) is 24.4 Å². The maximum Gasteiger partial charge on any atom is 0.238 e. The van der Waals surface area contributed by atoms with Gasteiger partial charge in [0.05, 0.1) is 24.3 Å². The summed E-state index contributed by atoms with van der Waals surface area (Å²) in [5.41, 5.74) is 1.11. The number of hydrogen-bond donors (Lipinski definition) is 1. The van der Waals surface area contributed by atoms with Crippen LogP contribution < -0.4 is 10.2 Å². The summed E-state index contributed by atoms with van der Waals surface area (Å²) in [7, 11) is 0. The van der Waals surface area contributed by atoms with Gasteiger partial charge in [-0.1, -0.05) is 30.4 Å². The molecule has 7 heteroatoms. The number of anilines is 2. The van der Waals surface area contributed by atoms with E-state index in [1.54, 1.807) is 36.4 Å². The average Bonchev–Trinajstić information content (AvgIpc) is 3.50. The van der Waals surface area contributed by atoms with Gasteiger partial charge in [0.2, 0.25) is 11.7 Å². The molecular formula is C26H19FN2O4. The molecule has 1 spiro atoms. The second-order valence-electron chi connectivity index (χ2n) is 8.66. The zero-order valence-electron chi connectivity index (χ0n) is 17.6. The minimum absolute atomic E-state index is 0.0889. The molecule has 3 aliphatic heterocycles. The predicted octanol–water partition coefficient (Wildman–Crippen LogP) is 3.98. The van der Waals surface area contributed by atoms with Crippen molar-refractivity contribution in [2.75, 3.05) is 10.2 Å². The number of carbonyl (C=O) groups excluding carboxylic acids is 3. The average molecular weight is 442 g/mol. The SMILES string of the molecule is CC(=O)C1C(C(=O)c2ccco2)C2(C(=O)Nc3ccccc32)C2C=Cc3cc(F)ccc3N12. The molecule has 2 aromatic carbocycles. The summed E-state index contributed by atoms with van der Waals surface area (Å²) in [6.07, 6.45) is 4.95. The van der Waals surface area contributed by atoms with Gasteiger partial charge in [0.15, 0.2) is 11.5 Å². The van der Waals surface area contributed by atoms with Crippen LogP contribution in [0.3, 0.4) is 0 Å². The molecule has 4 atom stereocenters. The molecule has 4 unspecified atom stereocenters. The molecule has 3 aliphatic rings. The lowest BCUT2D eigenvalue weighted by molar-refractivity contribution is -0.122. The van der Waals surface area contributed by atoms with Gasteiger partial charge < -0.3 is 14.6 Å². The fraction of sp³-hybridized carbons (Fsp3) is 0.192. The number of para-hydroxylation sites is 1. The highest BCUT2D eigenvalue weighted by atomic mass is 19.1. The fourth-order valence-corrected chi connectivity index (χ4v) is 5.88. The molecule has 33 heavy (non-hydrogen) atoms. The number of ketones is 2. The number of hydrogen-bond acceptors (Lipinski definition) is 5. The molecule has 1 amide bonds. The molecule has 0 radical (unpaired) electrons. The molecule has 1 aromatic heterocycles. The van der Waals surface area contributed by atoms with Gasteiger partial charge in [-0.05, 0) is 48.9 Å². The van der Waals surface area contributed by atoms with Gasteiger partial charge in [0.25, 0.3) is 0 Å². The standard InChI is InChI=1S/C26H19FN2O4/c1-14(30)23-22(24(31)20-7-4-12-33-20)26(17-5-2-3-6-18(17)28-25(26)32)21-11-8-15-13-16(27)9-10-19(15)29(21)23/h2-13,21-23H,1H3,(H,28,32). The van der Waals surface area contributed by atoms with Crippen LogP contribution in [-0.2, 0) is 15.0 Å². The molecule has 164 valence electrons. The molecule has 1 saturated heterocycles. The summed E-state index contributed by atoms with van der Waals surface area (Å²) in [5, 5.41) is 2.93. The van der Waals surface area contributed by atoms with Crippen molar-refractivity contribution >= 4 is 34.9 Å². The first kappa shape index (κ1) is 19.7. The number of fused-ring (bicyclic) bond motifs is 6. The van der Waals surface area contributed by atoms with E-state index in [9.17, 15) is 18.8 Å². The summed E-state index contributed by atoms with van der Waals surface area (Å²) in [5.74, 6) is -2.38. The van der Waals surface area contributed by atoms with Crippen LogP contribution in [0.4, 0.5) is 15.8 Å². The predicted molar refractivity (Wildman–Crippen MR) is 119 cm³/mol. The Hall–Kier alpha value is -4.00. The lowest BCUT2D eigenvalue weighted by Gasteiger charge is -2.37. The highest BCUT2D eigenvalue weighted by Crippen LogP contribution is 2.57. The highest BCUT2D eigenvalue weighted by molar-refractivity contribution is 6.16. The first-order chi connectivity index (χ1) is 15.9. The third-order valence-electron chi connectivity index (χ3n) is 7.06. The summed E-state index contributed by atoms with van der Waals surface area (Å²) < 4.78 is 19.4. The molecule has 6 nitrogen and oxygen atoms in total. The van der Waals surface area contributed by atoms with Gasteiger partial charge in [-0.3, -0.25) is 14.4 Å². The number of halogens is 1. The zero-order valence-corrected chi connectivity index (χ0v) is 17.6. The van der Waals surface area contributed by atoms with Crippen LogP contribution >= 0.6 is 0 Å². The number of benzene rings is 2. The number of furan rings is 1. The third kappa shape index (κ3) is 2.44. The minimum atomic E-state index is -1.36. The van der Waals surface area contributed by atoms with Gasteiger partial charge in [-0.15, -0.1) is 0 Å². The normalized spacial score (nSPS) is 26.7. The maximum absolute atomic E-state index is 14.0. The van der Waals surface area contributed by atoms with Crippen molar-refractivity contribution in [3.8, 4) is 0 Å². The Kier molecular flexibility index (Phi) is 4.02. The van der Waals surface area contributed by atoms with Crippen LogP contribution in [-0.4, -0.2) is 29.6 Å². The lowest BCUT2D eigenvalue weighted by Crippen LogP contribution is -2.51. The van der Waals surface area contributed by atoms with Gasteiger partial charge in [0.1, 0.15) is 11.2 Å². The van der Waals surface area contributed by atoms with Crippen LogP contribution in [0.2, 0.25) is 0 Å². The van der Waals surface area contributed by atoms with E-state index in [4.69, 9.17) is 4.42 Å². The topological polar surface area (TPSA) is 79.6 Å². The molecule has 0 aliphatic carbocycles. The molecule has 0 bridgehead atoms. The molecule has 1 fully saturated rings. The van der Waals surface area contributed by atoms with E-state index in [0.717, 1.165) is 0 Å². The number of amides is 1. The Morgan fingerprint density at radius 2 is 1.94 bits per heavy atom. The summed E-state index contributed by atoms with van der Waals surface area (Å²) in [6, 6.07) is 13.1. The number of carbonyl (C=O) groups is 3. The van der Waals surface area contributed by atoms with Crippen molar-refractivity contribution in [2.24, 2.45) is 5.92 Å². The fourth-order valence-electron chi connectivity index (χ4n) is 5.88. The van der Waals surface area contributed by atoms with Gasteiger partial charge in [0, 0.05) is 16.9 Å². The lowest BCUT2D eigenvalue weighted by atomic mass is 9.65. The highest BCUT2D eigenvalue weighted by Gasteiger charge is 2.70. The van der Waals surface area contributed by atoms with E-state index in [0.29, 0.717) is 22.5 Å². The summed E-state index contributed by atoms with van der Waals surface area (Å²) in [4.78, 5) is 42.7. The molecule has 3 aromatic rings. The van der Waals surface area contributed by atoms with E-state index >= 15 is 0 Å². The largest absolute Gasteiger partial charge is 0.461 e. The molecule has 6 rings (SSSR count). The van der Waals surface area contributed by atoms with Crippen LogP contribution in [0.1, 0.15) is 28.6 Å². The number of rotatable bonds is 3. The Balaban J connectivity index is 1.67. The van der Waals surface area contributed by atoms with Crippen molar-refractivity contribution in [3.63, 3.8) is 0 Å². The van der Waals surface area contributed by atoms with Gasteiger partial charge in [-0.2, -0.15) is 0 Å². The van der Waals surface area contributed by atoms with E-state index < -0.39 is 35.0 Å². The first-order valence-electron chi connectivity index (χ1n) is 10.7. The van der Waals surface area contributed by atoms with Gasteiger partial charge in [-0.25, -0.2) is 4.39 Å². The van der Waals surface area contributed by atoms with E-state index in [1.807, 2.05) is 23.1 Å². The molecular weight excluding hydrogens is 423 g/mol. The van der Waals surface area contributed by atoms with E-state index in [2.05, 4.69) is 5.32 Å². The van der Waals surface area contributed by atoms with Crippen molar-refractivity contribution < 1.29 is 23.2 Å². The summed E-state index contributed by atoms with van der Waals surface area (Å²) >= 11 is 0. The molecule has 1 N–H and O–H groups in total. The Bertz CT molecular complexity index is 1360. The number of nitrogens with zero attached hydrogens (tertiary/aromatic N) is 1. The Labute approximate surface area is 188 Å². The smallest absolute Gasteiger partial charge is 0.238 e. The van der Waals surface area contributed by atoms with Crippen LogP contribution in [0.5, 0.6) is 0 Å². The monoisotopic (exact) mass is 442 g/mol. The first-order valence-corrected chi connectivity index (χ1v) is 10.7. The van der Waals surface area contributed by atoms with Crippen LogP contribution in [0, 0.1) is 11.7 Å². The Morgan fingerprint density at radius 1 is 1.12 bits per heavy atom. The maximum atomic E-state index is 14.0. The van der Waals surface area contributed by atoms with Crippen LogP contribution in [0.15, 0.2) is 71.4 Å². The van der Waals surface area contributed by atoms with E-state index in [1.165, 1.54) is 25.3 Å². The number of nitrogens with one attached hydrogen (secondary N) is 1. The van der Waals surface area contributed by atoms with Crippen molar-refractivity contribution in [1.29, 1.82) is 0 Å². The second-order valence-corrected chi connectivity index (χ2v) is 8.66. The van der Waals surface area contributed by atoms with Gasteiger partial charge >= 0.3 is 0 Å². The van der Waals surface area contributed by atoms with E-state index in [-0.39, 0.29) is 17.5 Å². The second kappa shape index (κ2) is 6.75. The van der Waals surface area contributed by atoms with Crippen LogP contribution in [0.25, 0.3) is 6.08 Å². The quantitative estimate of drug-likeness (QED) is 0.621. The van der Waals surface area contributed by atoms with Crippen molar-refractivity contribution in [3.05, 3.63) is 89.6 Å². The Morgan fingerprint density at radius 3 is 2.70 bits per heavy atom. The molecule has 4 heterocycles. The third-order valence-corrected chi connectivity index (χ3v) is 7.06. The summed E-state index contributed by atoms with van der Waals surface area (Å²) in [6.45, 7) is 1.42. The van der Waals surface area contributed by atoms with Crippen molar-refractivity contribution in [1.82, 2.24) is 0 Å². The minimum Gasteiger partial charge on any atom is -0.461 e. The zero-order chi connectivity index (χ0) is 22.9. The number of Topliss-reactive ketones (excluding diaryl/α,β-unsaturated/α-hetero) is 2.